The van der Waals surface area contributed by atoms with Crippen molar-refractivity contribution in [3.05, 3.63) is 41.6 Å². The van der Waals surface area contributed by atoms with E-state index in [-0.39, 0.29) is 5.56 Å². The van der Waals surface area contributed by atoms with Gasteiger partial charge in [0.25, 0.3) is 0 Å². The zero-order valence-electron chi connectivity index (χ0n) is 7.21. The lowest BCUT2D eigenvalue weighted by molar-refractivity contribution is 0.0697. The van der Waals surface area contributed by atoms with Gasteiger partial charge >= 0.3 is 5.97 Å². The molecule has 14 heavy (non-hydrogen) atoms. The second kappa shape index (κ2) is 3.33. The number of carbonyl (C=O) groups is 1. The van der Waals surface area contributed by atoms with Crippen molar-refractivity contribution in [2.45, 2.75) is 0 Å². The minimum absolute atomic E-state index is 0.272. The molecule has 0 saturated heterocycles. The monoisotopic (exact) mass is 187 g/mol. The van der Waals surface area contributed by atoms with Crippen molar-refractivity contribution in [2.24, 2.45) is 4.99 Å². The fourth-order valence-electron chi connectivity index (χ4n) is 1.17. The summed E-state index contributed by atoms with van der Waals surface area (Å²) >= 11 is 0. The van der Waals surface area contributed by atoms with Crippen molar-refractivity contribution in [3.8, 4) is 0 Å². The lowest BCUT2D eigenvalue weighted by Gasteiger charge is -2.00. The van der Waals surface area contributed by atoms with Gasteiger partial charge in [0.1, 0.15) is 6.34 Å². The van der Waals surface area contributed by atoms with Gasteiger partial charge in [-0.15, -0.1) is 0 Å². The summed E-state index contributed by atoms with van der Waals surface area (Å²) in [5.74, 6) is -0.926. The van der Waals surface area contributed by atoms with E-state index in [2.05, 4.69) is 10.3 Å². The number of benzene rings is 1. The van der Waals surface area contributed by atoms with Crippen LogP contribution < -0.4 is 5.32 Å². The van der Waals surface area contributed by atoms with E-state index in [0.717, 1.165) is 11.3 Å². The van der Waals surface area contributed by atoms with Crippen molar-refractivity contribution >= 4 is 18.0 Å². The van der Waals surface area contributed by atoms with Crippen LogP contribution in [0.5, 0.6) is 0 Å². The lowest BCUT2D eigenvalue weighted by Crippen LogP contribution is -1.98. The molecule has 1 N–H and O–H groups in total. The van der Waals surface area contributed by atoms with E-state index < -0.39 is 5.97 Å². The van der Waals surface area contributed by atoms with E-state index in [1.54, 1.807) is 30.5 Å². The molecule has 0 aromatic heterocycles. The Morgan fingerprint density at radius 2 is 1.93 bits per heavy atom. The van der Waals surface area contributed by atoms with Crippen LogP contribution in [0.1, 0.15) is 15.9 Å². The molecular weight excluding hydrogens is 180 g/mol. The van der Waals surface area contributed by atoms with Gasteiger partial charge in [0.05, 0.1) is 17.5 Å². The molecule has 0 saturated carbocycles. The summed E-state index contributed by atoms with van der Waals surface area (Å²) in [7, 11) is 0. The Morgan fingerprint density at radius 1 is 1.21 bits per heavy atom. The molecule has 0 unspecified atom stereocenters. The SMILES string of the molecule is O=C(O)c1ccc(C2=CN=C[N]2)cc1. The highest BCUT2D eigenvalue weighted by Crippen LogP contribution is 2.15. The standard InChI is InChI=1S/C10H7N2O2/c13-10(14)8-3-1-7(2-4-8)9-5-11-6-12-9/h1-6H,(H,13,14). The summed E-state index contributed by atoms with van der Waals surface area (Å²) in [5.41, 5.74) is 1.89. The van der Waals surface area contributed by atoms with E-state index in [4.69, 9.17) is 5.11 Å². The average molecular weight is 187 g/mol. The molecule has 0 fully saturated rings. The molecule has 1 aliphatic rings. The van der Waals surface area contributed by atoms with Crippen molar-refractivity contribution < 1.29 is 9.90 Å². The quantitative estimate of drug-likeness (QED) is 0.759. The normalized spacial score (nSPS) is 13.6. The maximum Gasteiger partial charge on any atom is 0.335 e. The molecule has 1 aliphatic heterocycles. The Bertz CT molecular complexity index is 418. The predicted octanol–water partition coefficient (Wildman–Crippen LogP) is 1.33. The number of aromatic carboxylic acids is 1. The summed E-state index contributed by atoms with van der Waals surface area (Å²) in [4.78, 5) is 14.4. The molecule has 0 bridgehead atoms. The van der Waals surface area contributed by atoms with Crippen LogP contribution in [-0.2, 0) is 0 Å². The third kappa shape index (κ3) is 1.50. The van der Waals surface area contributed by atoms with Crippen LogP contribution >= 0.6 is 0 Å². The van der Waals surface area contributed by atoms with Crippen LogP contribution in [0, 0.1) is 0 Å². The molecular formula is C10H7N2O2. The van der Waals surface area contributed by atoms with Crippen LogP contribution in [0.3, 0.4) is 0 Å². The minimum Gasteiger partial charge on any atom is -0.478 e. The van der Waals surface area contributed by atoms with Crippen LogP contribution in [0.2, 0.25) is 0 Å². The zero-order chi connectivity index (χ0) is 9.97. The highest BCUT2D eigenvalue weighted by atomic mass is 16.4. The number of rotatable bonds is 2. The first-order valence-corrected chi connectivity index (χ1v) is 4.04. The number of aliphatic imine (C=N–C) groups is 1. The van der Waals surface area contributed by atoms with E-state index in [1.807, 2.05) is 0 Å². The first kappa shape index (κ1) is 8.50. The maximum absolute atomic E-state index is 10.6. The fraction of sp³-hybridized carbons (Fsp3) is 0. The Morgan fingerprint density at radius 3 is 2.43 bits per heavy atom. The van der Waals surface area contributed by atoms with Gasteiger partial charge in [0.15, 0.2) is 0 Å². The average Bonchev–Trinajstić information content (AvgIpc) is 2.71. The number of nitrogens with zero attached hydrogens (tertiary/aromatic N) is 2. The van der Waals surface area contributed by atoms with Crippen molar-refractivity contribution in [2.75, 3.05) is 0 Å². The molecule has 1 aromatic carbocycles. The molecule has 2 rings (SSSR count). The smallest absolute Gasteiger partial charge is 0.335 e. The Labute approximate surface area is 80.6 Å². The highest BCUT2D eigenvalue weighted by molar-refractivity contribution is 5.88. The molecule has 1 aromatic rings. The molecule has 1 radical (unpaired) electrons. The number of hydrogen-bond acceptors (Lipinski definition) is 2. The van der Waals surface area contributed by atoms with Crippen molar-refractivity contribution in [1.82, 2.24) is 5.32 Å². The van der Waals surface area contributed by atoms with Gasteiger partial charge in [0.2, 0.25) is 0 Å². The predicted molar refractivity (Wildman–Crippen MR) is 52.0 cm³/mol. The summed E-state index contributed by atoms with van der Waals surface area (Å²) in [6, 6.07) is 6.53. The van der Waals surface area contributed by atoms with E-state index in [9.17, 15) is 4.79 Å². The number of hydrogen-bond donors (Lipinski definition) is 1. The molecule has 4 heteroatoms. The maximum atomic E-state index is 10.6. The van der Waals surface area contributed by atoms with Crippen LogP contribution in [-0.4, -0.2) is 17.4 Å². The second-order valence-electron chi connectivity index (χ2n) is 2.79. The van der Waals surface area contributed by atoms with Gasteiger partial charge in [-0.3, -0.25) is 0 Å². The van der Waals surface area contributed by atoms with Crippen molar-refractivity contribution in [3.63, 3.8) is 0 Å². The highest BCUT2D eigenvalue weighted by Gasteiger charge is 2.06. The lowest BCUT2D eigenvalue weighted by atomic mass is 10.1. The van der Waals surface area contributed by atoms with Gasteiger partial charge in [-0.25, -0.2) is 15.1 Å². The third-order valence-corrected chi connectivity index (χ3v) is 1.89. The molecule has 1 heterocycles. The summed E-state index contributed by atoms with van der Waals surface area (Å²) in [5, 5.41) is 12.7. The first-order chi connectivity index (χ1) is 6.77. The molecule has 0 atom stereocenters. The second-order valence-corrected chi connectivity index (χ2v) is 2.79. The Balaban J connectivity index is 2.26. The van der Waals surface area contributed by atoms with Crippen LogP contribution in [0.4, 0.5) is 0 Å². The molecule has 0 aliphatic carbocycles. The molecule has 4 nitrogen and oxygen atoms in total. The van der Waals surface area contributed by atoms with E-state index in [1.165, 1.54) is 6.34 Å². The van der Waals surface area contributed by atoms with Gasteiger partial charge in [-0.1, -0.05) is 12.1 Å². The molecule has 0 spiro atoms. The van der Waals surface area contributed by atoms with E-state index in [0.29, 0.717) is 0 Å². The fourth-order valence-corrected chi connectivity index (χ4v) is 1.17. The minimum atomic E-state index is -0.926. The zero-order valence-corrected chi connectivity index (χ0v) is 7.21. The van der Waals surface area contributed by atoms with Crippen molar-refractivity contribution in [1.29, 1.82) is 0 Å². The van der Waals surface area contributed by atoms with Gasteiger partial charge in [-0.05, 0) is 12.1 Å². The summed E-state index contributed by atoms with van der Waals surface area (Å²) in [6.07, 6.45) is 3.09. The molecule has 0 amide bonds. The van der Waals surface area contributed by atoms with Gasteiger partial charge in [0, 0.05) is 5.56 Å². The topological polar surface area (TPSA) is 63.8 Å². The van der Waals surface area contributed by atoms with E-state index >= 15 is 0 Å². The molecule has 69 valence electrons. The number of carboxylic acids is 1. The summed E-state index contributed by atoms with van der Waals surface area (Å²) in [6.45, 7) is 0. The summed E-state index contributed by atoms with van der Waals surface area (Å²) < 4.78 is 0. The Hall–Kier alpha value is -2.10. The number of carboxylic acid groups (broad SMARTS) is 1. The van der Waals surface area contributed by atoms with Gasteiger partial charge in [-0.2, -0.15) is 0 Å². The largest absolute Gasteiger partial charge is 0.478 e. The van der Waals surface area contributed by atoms with Gasteiger partial charge < -0.3 is 5.11 Å². The van der Waals surface area contributed by atoms with Crippen LogP contribution in [0.15, 0.2) is 35.5 Å². The Kier molecular flexibility index (Phi) is 2.02. The first-order valence-electron chi connectivity index (χ1n) is 4.04. The van der Waals surface area contributed by atoms with Crippen LogP contribution in [0.25, 0.3) is 5.70 Å². The third-order valence-electron chi connectivity index (χ3n) is 1.89.